The zero-order valence-corrected chi connectivity index (χ0v) is 14.6. The maximum atomic E-state index is 12.3. The maximum absolute atomic E-state index is 12.3. The summed E-state index contributed by atoms with van der Waals surface area (Å²) in [7, 11) is 0. The minimum Gasteiger partial charge on any atom is -0.494 e. The number of H-pyrrole nitrogens is 1. The van der Waals surface area contributed by atoms with Gasteiger partial charge in [0.25, 0.3) is 0 Å². The van der Waals surface area contributed by atoms with E-state index in [0.29, 0.717) is 19.4 Å². The van der Waals surface area contributed by atoms with E-state index in [1.807, 2.05) is 62.4 Å². The molecule has 0 bridgehead atoms. The van der Waals surface area contributed by atoms with Crippen LogP contribution in [-0.2, 0) is 11.2 Å². The third-order valence-corrected chi connectivity index (χ3v) is 4.09. The average Bonchev–Trinajstić information content (AvgIpc) is 3.05. The van der Waals surface area contributed by atoms with Gasteiger partial charge in [-0.05, 0) is 44.0 Å². The molecule has 0 fully saturated rings. The Kier molecular flexibility index (Phi) is 5.33. The van der Waals surface area contributed by atoms with Gasteiger partial charge in [0.15, 0.2) is 0 Å². The van der Waals surface area contributed by atoms with Gasteiger partial charge in [-0.15, -0.1) is 0 Å². The highest BCUT2D eigenvalue weighted by Crippen LogP contribution is 2.20. The number of nitrogens with one attached hydrogen (secondary N) is 2. The van der Waals surface area contributed by atoms with Crippen LogP contribution in [0.5, 0.6) is 5.75 Å². The second-order valence-corrected chi connectivity index (χ2v) is 5.97. The number of ether oxygens (including phenoxy) is 1. The van der Waals surface area contributed by atoms with Crippen molar-refractivity contribution >= 4 is 16.9 Å². The predicted molar refractivity (Wildman–Crippen MR) is 98.6 cm³/mol. The van der Waals surface area contributed by atoms with Crippen molar-refractivity contribution in [3.05, 3.63) is 59.9 Å². The first-order valence-corrected chi connectivity index (χ1v) is 8.62. The number of nitrogens with zero attached hydrogens (tertiary/aromatic N) is 1. The Labute approximate surface area is 147 Å². The molecular weight excluding hydrogens is 314 g/mol. The number of rotatable bonds is 7. The van der Waals surface area contributed by atoms with Crippen LogP contribution in [0.3, 0.4) is 0 Å². The van der Waals surface area contributed by atoms with Gasteiger partial charge in [-0.1, -0.05) is 30.3 Å². The van der Waals surface area contributed by atoms with Crippen LogP contribution in [0.25, 0.3) is 11.0 Å². The summed E-state index contributed by atoms with van der Waals surface area (Å²) in [5, 5.41) is 3.01. The van der Waals surface area contributed by atoms with Gasteiger partial charge in [-0.3, -0.25) is 4.79 Å². The maximum Gasteiger partial charge on any atom is 0.220 e. The van der Waals surface area contributed by atoms with Crippen molar-refractivity contribution in [2.75, 3.05) is 6.61 Å². The number of amides is 1. The molecule has 0 aliphatic rings. The highest BCUT2D eigenvalue weighted by molar-refractivity contribution is 5.77. The fourth-order valence-electron chi connectivity index (χ4n) is 2.81. The smallest absolute Gasteiger partial charge is 0.220 e. The Morgan fingerprint density at radius 1 is 1.20 bits per heavy atom. The summed E-state index contributed by atoms with van der Waals surface area (Å²) >= 11 is 0. The molecule has 0 saturated heterocycles. The van der Waals surface area contributed by atoms with Crippen LogP contribution in [0.1, 0.15) is 37.7 Å². The molecule has 0 spiro atoms. The lowest BCUT2D eigenvalue weighted by atomic mass is 10.1. The molecule has 1 aromatic heterocycles. The van der Waals surface area contributed by atoms with Crippen LogP contribution in [0.4, 0.5) is 0 Å². The Morgan fingerprint density at radius 2 is 1.96 bits per heavy atom. The SMILES string of the molecule is CCOc1ccccc1CCC(=O)NC(C)c1nc2ccccc2[nH]1. The molecule has 1 atom stereocenters. The number of aromatic amines is 1. The van der Waals surface area contributed by atoms with E-state index < -0.39 is 0 Å². The van der Waals surface area contributed by atoms with E-state index in [9.17, 15) is 4.79 Å². The van der Waals surface area contributed by atoms with E-state index in [1.165, 1.54) is 0 Å². The molecule has 3 rings (SSSR count). The number of hydrogen-bond donors (Lipinski definition) is 2. The van der Waals surface area contributed by atoms with Crippen molar-refractivity contribution in [1.29, 1.82) is 0 Å². The minimum absolute atomic E-state index is 0.000687. The first kappa shape index (κ1) is 17.0. The summed E-state index contributed by atoms with van der Waals surface area (Å²) in [4.78, 5) is 20.1. The summed E-state index contributed by atoms with van der Waals surface area (Å²) in [6.07, 6.45) is 1.06. The van der Waals surface area contributed by atoms with E-state index >= 15 is 0 Å². The largest absolute Gasteiger partial charge is 0.494 e. The third-order valence-electron chi connectivity index (χ3n) is 4.09. The van der Waals surface area contributed by atoms with Crippen molar-refractivity contribution in [3.63, 3.8) is 0 Å². The van der Waals surface area contributed by atoms with Gasteiger partial charge in [0.05, 0.1) is 23.7 Å². The van der Waals surface area contributed by atoms with E-state index in [0.717, 1.165) is 28.2 Å². The molecule has 2 aromatic carbocycles. The van der Waals surface area contributed by atoms with E-state index in [4.69, 9.17) is 4.74 Å². The van der Waals surface area contributed by atoms with Crippen LogP contribution < -0.4 is 10.1 Å². The molecule has 2 N–H and O–H groups in total. The van der Waals surface area contributed by atoms with E-state index in [-0.39, 0.29) is 11.9 Å². The first-order valence-electron chi connectivity index (χ1n) is 8.62. The Hall–Kier alpha value is -2.82. The number of aryl methyl sites for hydroxylation is 1. The fourth-order valence-corrected chi connectivity index (χ4v) is 2.81. The molecule has 0 saturated carbocycles. The van der Waals surface area contributed by atoms with Gasteiger partial charge in [0, 0.05) is 6.42 Å². The van der Waals surface area contributed by atoms with Gasteiger partial charge < -0.3 is 15.0 Å². The van der Waals surface area contributed by atoms with Crippen LogP contribution in [0.15, 0.2) is 48.5 Å². The van der Waals surface area contributed by atoms with Crippen molar-refractivity contribution in [3.8, 4) is 5.75 Å². The molecule has 1 unspecified atom stereocenters. The van der Waals surface area contributed by atoms with Gasteiger partial charge >= 0.3 is 0 Å². The van der Waals surface area contributed by atoms with Crippen LogP contribution in [-0.4, -0.2) is 22.5 Å². The summed E-state index contributed by atoms with van der Waals surface area (Å²) in [6.45, 7) is 4.51. The van der Waals surface area contributed by atoms with Gasteiger partial charge in [0.2, 0.25) is 5.91 Å². The molecule has 5 heteroatoms. The molecule has 0 aliphatic carbocycles. The van der Waals surface area contributed by atoms with Crippen molar-refractivity contribution in [2.45, 2.75) is 32.7 Å². The Bertz CT molecular complexity index is 824. The lowest BCUT2D eigenvalue weighted by Gasteiger charge is -2.13. The van der Waals surface area contributed by atoms with Gasteiger partial charge in [-0.2, -0.15) is 0 Å². The highest BCUT2D eigenvalue weighted by atomic mass is 16.5. The zero-order chi connectivity index (χ0) is 17.6. The Balaban J connectivity index is 1.59. The van der Waals surface area contributed by atoms with Crippen LogP contribution >= 0.6 is 0 Å². The fraction of sp³-hybridized carbons (Fsp3) is 0.300. The average molecular weight is 337 g/mol. The first-order chi connectivity index (χ1) is 12.2. The van der Waals surface area contributed by atoms with Crippen molar-refractivity contribution in [1.82, 2.24) is 15.3 Å². The second-order valence-electron chi connectivity index (χ2n) is 5.97. The lowest BCUT2D eigenvalue weighted by molar-refractivity contribution is -0.121. The summed E-state index contributed by atoms with van der Waals surface area (Å²) < 4.78 is 5.61. The normalized spacial score (nSPS) is 12.1. The molecule has 5 nitrogen and oxygen atoms in total. The third kappa shape index (κ3) is 4.18. The standard InChI is InChI=1S/C20H23N3O2/c1-3-25-18-11-7-4-8-15(18)12-13-19(24)21-14(2)20-22-16-9-5-6-10-17(16)23-20/h4-11,14H,3,12-13H2,1-2H3,(H,21,24)(H,22,23). The number of carbonyl (C=O) groups is 1. The zero-order valence-electron chi connectivity index (χ0n) is 14.6. The monoisotopic (exact) mass is 337 g/mol. The molecule has 3 aromatic rings. The summed E-state index contributed by atoms with van der Waals surface area (Å²) in [5.74, 6) is 1.62. The number of carbonyl (C=O) groups excluding carboxylic acids is 1. The van der Waals surface area contributed by atoms with Crippen LogP contribution in [0.2, 0.25) is 0 Å². The summed E-state index contributed by atoms with van der Waals surface area (Å²) in [6, 6.07) is 15.5. The Morgan fingerprint density at radius 3 is 2.76 bits per heavy atom. The molecule has 0 radical (unpaired) electrons. The molecular formula is C20H23N3O2. The lowest BCUT2D eigenvalue weighted by Crippen LogP contribution is -2.27. The molecule has 0 aliphatic heterocycles. The highest BCUT2D eigenvalue weighted by Gasteiger charge is 2.14. The number of fused-ring (bicyclic) bond motifs is 1. The molecule has 1 amide bonds. The van der Waals surface area contributed by atoms with Crippen LogP contribution in [0, 0.1) is 0 Å². The molecule has 1 heterocycles. The van der Waals surface area contributed by atoms with Gasteiger partial charge in [-0.25, -0.2) is 4.98 Å². The minimum atomic E-state index is -0.165. The topological polar surface area (TPSA) is 67.0 Å². The van der Waals surface area contributed by atoms with Crippen molar-refractivity contribution in [2.24, 2.45) is 0 Å². The second kappa shape index (κ2) is 7.83. The number of hydrogen-bond acceptors (Lipinski definition) is 3. The number of imidazole rings is 1. The van der Waals surface area contributed by atoms with E-state index in [2.05, 4.69) is 15.3 Å². The van der Waals surface area contributed by atoms with Crippen molar-refractivity contribution < 1.29 is 9.53 Å². The molecule has 25 heavy (non-hydrogen) atoms. The number of para-hydroxylation sites is 3. The predicted octanol–water partition coefficient (Wildman–Crippen LogP) is 3.77. The summed E-state index contributed by atoms with van der Waals surface area (Å²) in [5.41, 5.74) is 2.93. The number of benzene rings is 2. The number of aromatic nitrogens is 2. The van der Waals surface area contributed by atoms with E-state index in [1.54, 1.807) is 0 Å². The molecule has 130 valence electrons. The van der Waals surface area contributed by atoms with Gasteiger partial charge in [0.1, 0.15) is 11.6 Å². The quantitative estimate of drug-likeness (QED) is 0.689.